The van der Waals surface area contributed by atoms with Crippen molar-refractivity contribution in [2.45, 2.75) is 64.7 Å². The number of nitrogens with zero attached hydrogens (tertiary/aromatic N) is 2. The first kappa shape index (κ1) is 32.5. The van der Waals surface area contributed by atoms with Gasteiger partial charge in [-0.15, -0.1) is 11.3 Å². The summed E-state index contributed by atoms with van der Waals surface area (Å²) in [6.45, 7) is 5.18. The van der Waals surface area contributed by atoms with Crippen molar-refractivity contribution in [3.05, 3.63) is 97.3 Å². The zero-order valence-electron chi connectivity index (χ0n) is 24.7. The minimum absolute atomic E-state index is 0.0467. The molecule has 5 rings (SSSR count). The van der Waals surface area contributed by atoms with Crippen LogP contribution in [0, 0.1) is 5.92 Å². The monoisotopic (exact) mass is 655 g/mol. The van der Waals surface area contributed by atoms with Crippen LogP contribution in [-0.4, -0.2) is 33.9 Å². The van der Waals surface area contributed by atoms with Crippen LogP contribution < -0.4 is 9.20 Å². The number of aliphatic hydroxyl groups excluding tert-OH is 1. The molecule has 2 atom stereocenters. The molecular formula is C32H30F7N2O3S+. The van der Waals surface area contributed by atoms with Crippen LogP contribution in [-0.2, 0) is 28.4 Å². The van der Waals surface area contributed by atoms with E-state index in [1.165, 1.54) is 36.0 Å². The summed E-state index contributed by atoms with van der Waals surface area (Å²) in [5, 5.41) is 10.8. The van der Waals surface area contributed by atoms with E-state index in [-0.39, 0.29) is 36.3 Å². The third-order valence-electron chi connectivity index (χ3n) is 7.94. The van der Waals surface area contributed by atoms with Gasteiger partial charge in [0.1, 0.15) is 21.9 Å². The van der Waals surface area contributed by atoms with E-state index in [0.29, 0.717) is 50.3 Å². The molecule has 0 saturated heterocycles. The molecule has 45 heavy (non-hydrogen) atoms. The van der Waals surface area contributed by atoms with Gasteiger partial charge in [0.2, 0.25) is 0 Å². The molecule has 2 aliphatic carbocycles. The summed E-state index contributed by atoms with van der Waals surface area (Å²) in [5.41, 5.74) is -0.732. The highest BCUT2D eigenvalue weighted by Gasteiger charge is 2.45. The number of methoxy groups -OCH3 is 1. The van der Waals surface area contributed by atoms with Gasteiger partial charge in [0.25, 0.3) is 0 Å². The van der Waals surface area contributed by atoms with Crippen molar-refractivity contribution in [3.63, 3.8) is 0 Å². The van der Waals surface area contributed by atoms with Gasteiger partial charge in [0.05, 0.1) is 22.8 Å². The topological polar surface area (TPSA) is 54.6 Å². The van der Waals surface area contributed by atoms with E-state index in [4.69, 9.17) is 14.5 Å². The second-order valence-electron chi connectivity index (χ2n) is 11.2. The number of aliphatic hydroxyl groups is 1. The summed E-state index contributed by atoms with van der Waals surface area (Å²) in [6, 6.07) is 0.350. The molecule has 0 fully saturated rings. The quantitative estimate of drug-likeness (QED) is 0.270. The molecule has 1 aromatic carbocycles. The number of benzene rings is 1. The number of aromatic nitrogens is 1. The molecule has 0 amide bonds. The van der Waals surface area contributed by atoms with Crippen LogP contribution >= 0.6 is 11.3 Å². The molecule has 0 radical (unpaired) electrons. The van der Waals surface area contributed by atoms with Crippen molar-refractivity contribution >= 4 is 28.6 Å². The Hall–Kier alpha value is -3.87. The number of ether oxygens (including phenoxy) is 2. The van der Waals surface area contributed by atoms with Crippen LogP contribution in [0.1, 0.15) is 62.1 Å². The third kappa shape index (κ3) is 6.58. The second-order valence-corrected chi connectivity index (χ2v) is 12.2. The number of thiazole rings is 1. The normalized spacial score (nSPS) is 23.2. The number of rotatable bonds is 5. The van der Waals surface area contributed by atoms with Crippen LogP contribution in [0.5, 0.6) is 0 Å². The Morgan fingerprint density at radius 3 is 2.31 bits per heavy atom. The maximum absolute atomic E-state index is 14.9. The third-order valence-corrected chi connectivity index (χ3v) is 9.17. The summed E-state index contributed by atoms with van der Waals surface area (Å²) < 4.78 is 110. The summed E-state index contributed by atoms with van der Waals surface area (Å²) >= 11 is 1.35. The fourth-order valence-corrected chi connectivity index (χ4v) is 6.65. The van der Waals surface area contributed by atoms with E-state index >= 15 is 0 Å². The van der Waals surface area contributed by atoms with Crippen molar-refractivity contribution in [2.75, 3.05) is 7.11 Å². The van der Waals surface area contributed by atoms with Gasteiger partial charge in [-0.3, -0.25) is 0 Å². The molecule has 0 unspecified atom stereocenters. The average Bonchev–Trinajstić information content (AvgIpc) is 3.52. The van der Waals surface area contributed by atoms with Crippen LogP contribution in [0.15, 0.2) is 65.7 Å². The highest BCUT2D eigenvalue weighted by atomic mass is 32.1. The highest BCUT2D eigenvalue weighted by Crippen LogP contribution is 2.40. The van der Waals surface area contributed by atoms with Gasteiger partial charge >= 0.3 is 18.4 Å². The van der Waals surface area contributed by atoms with E-state index in [9.17, 15) is 35.8 Å². The minimum Gasteiger partial charge on any atom is -0.496 e. The van der Waals surface area contributed by atoms with Crippen molar-refractivity contribution in [1.29, 1.82) is 0 Å². The number of hydrogen-bond acceptors (Lipinski definition) is 4. The molecule has 13 heteroatoms. The highest BCUT2D eigenvalue weighted by molar-refractivity contribution is 7.07. The lowest BCUT2D eigenvalue weighted by Crippen LogP contribution is -2.28. The van der Waals surface area contributed by atoms with Crippen molar-refractivity contribution < 1.29 is 49.9 Å². The van der Waals surface area contributed by atoms with Gasteiger partial charge in [-0.25, -0.2) is 9.37 Å². The number of halogens is 7. The zero-order valence-corrected chi connectivity index (χ0v) is 25.5. The molecule has 0 bridgehead atoms. The van der Waals surface area contributed by atoms with Crippen molar-refractivity contribution in [1.82, 2.24) is 4.98 Å². The largest absolute Gasteiger partial charge is 0.548 e. The van der Waals surface area contributed by atoms with Crippen LogP contribution in [0.3, 0.4) is 0 Å². The Bertz CT molecular complexity index is 1760. The van der Waals surface area contributed by atoms with Crippen molar-refractivity contribution in [3.8, 4) is 0 Å². The first-order valence-electron chi connectivity index (χ1n) is 14.1. The van der Waals surface area contributed by atoms with Gasteiger partial charge < -0.3 is 14.6 Å². The lowest BCUT2D eigenvalue weighted by atomic mass is 9.90. The molecule has 0 saturated carbocycles. The maximum Gasteiger partial charge on any atom is 0.548 e. The van der Waals surface area contributed by atoms with E-state index in [1.807, 2.05) is 38.2 Å². The average molecular weight is 656 g/mol. The minimum atomic E-state index is -5.04. The van der Waals surface area contributed by atoms with E-state index in [2.05, 4.69) is 0 Å². The molecule has 2 aromatic rings. The van der Waals surface area contributed by atoms with Gasteiger partial charge in [-0.1, -0.05) is 38.2 Å². The van der Waals surface area contributed by atoms with Gasteiger partial charge in [0, 0.05) is 30.6 Å². The maximum atomic E-state index is 14.9. The zero-order chi connectivity index (χ0) is 32.8. The van der Waals surface area contributed by atoms with Crippen LogP contribution in [0.2, 0.25) is 0 Å². The Morgan fingerprint density at radius 1 is 1.09 bits per heavy atom. The lowest BCUT2D eigenvalue weighted by Gasteiger charge is -2.21. The smallest absolute Gasteiger partial charge is 0.496 e. The van der Waals surface area contributed by atoms with Crippen LogP contribution in [0.4, 0.5) is 30.7 Å². The fourth-order valence-electron chi connectivity index (χ4n) is 5.50. The van der Waals surface area contributed by atoms with E-state index in [0.717, 1.165) is 5.57 Å². The fraction of sp³-hybridized carbons (Fsp3) is 0.375. The molecule has 5 nitrogen and oxygen atoms in total. The first-order valence-corrected chi connectivity index (χ1v) is 14.9. The van der Waals surface area contributed by atoms with Crippen LogP contribution in [0.25, 0.3) is 11.1 Å². The summed E-state index contributed by atoms with van der Waals surface area (Å²) in [4.78, 5) is 4.85. The molecule has 1 aliphatic heterocycles. The van der Waals surface area contributed by atoms with E-state index in [1.54, 1.807) is 0 Å². The second kappa shape index (κ2) is 12.1. The molecule has 0 spiro atoms. The van der Waals surface area contributed by atoms with Crippen molar-refractivity contribution in [2.24, 2.45) is 5.92 Å². The standard InChI is InChI=1S/C32H29F7N2O3S/c1-16(2)22-13-23(26(43-4)14-24(22)33)28-25(40-29(45-28)18-8-6-5-7-9-18)15-41-17(3)27(44-30(41)42)19-10-20(31(34,35)36)12-21(11-19)32(37,38)39/h5-8,10-12,14,16-17,27H,9,13,15H2,1-4H3/p+1/t17-,27-/m0/s1. The van der Waals surface area contributed by atoms with Gasteiger partial charge in [-0.05, 0) is 41.7 Å². The Morgan fingerprint density at radius 2 is 1.76 bits per heavy atom. The summed E-state index contributed by atoms with van der Waals surface area (Å²) in [7, 11) is 1.43. The Balaban J connectivity index is 1.61. The van der Waals surface area contributed by atoms with E-state index < -0.39 is 41.7 Å². The lowest BCUT2D eigenvalue weighted by molar-refractivity contribution is -0.578. The molecule has 1 aromatic heterocycles. The SMILES string of the molecule is COC1=CC(F)=C(C(C)C)CC1=c1sc(=C2C=CC=CC2)nc1C[N+]1=C(O)O[C@H](c2cc(C(F)(F)F)cc(C(F)(F)F)c2)[C@@H]1C. The van der Waals surface area contributed by atoms with Gasteiger partial charge in [0.15, 0.2) is 18.7 Å². The molecule has 2 heterocycles. The molecule has 1 N–H and O–H groups in total. The number of allylic oxidation sites excluding steroid dienone is 8. The summed E-state index contributed by atoms with van der Waals surface area (Å²) in [6.07, 6.45) is -2.29. The molecular weight excluding hydrogens is 625 g/mol. The van der Waals surface area contributed by atoms with Gasteiger partial charge in [-0.2, -0.15) is 30.9 Å². The predicted octanol–water partition coefficient (Wildman–Crippen LogP) is 7.40. The Labute approximate surface area is 258 Å². The molecule has 240 valence electrons. The summed E-state index contributed by atoms with van der Waals surface area (Å²) in [5.74, 6) is -0.190. The molecule has 3 aliphatic rings. The predicted molar refractivity (Wildman–Crippen MR) is 155 cm³/mol. The number of hydrogen-bond donors (Lipinski definition) is 1. The Kier molecular flexibility index (Phi) is 8.78. The number of alkyl halides is 6. The first-order chi connectivity index (χ1) is 21.1.